The Morgan fingerprint density at radius 2 is 1.70 bits per heavy atom. The van der Waals surface area contributed by atoms with Gasteiger partial charge in [-0.2, -0.15) is 0 Å². The lowest BCUT2D eigenvalue weighted by Gasteiger charge is -2.09. The van der Waals surface area contributed by atoms with Gasteiger partial charge in [-0.1, -0.05) is 53.5 Å². The third-order valence-corrected chi connectivity index (χ3v) is 5.83. The molecule has 0 spiro atoms. The average Bonchev–Trinajstić information content (AvgIpc) is 3.22. The summed E-state index contributed by atoms with van der Waals surface area (Å²) in [6, 6.07) is 23.6. The van der Waals surface area contributed by atoms with Gasteiger partial charge in [-0.05, 0) is 66.1 Å². The third-order valence-electron chi connectivity index (χ3n) is 5.06. The van der Waals surface area contributed by atoms with E-state index in [1.54, 1.807) is 42.5 Å². The number of hydrogen-bond donors (Lipinski definition) is 2. The maximum absolute atomic E-state index is 12.4. The van der Waals surface area contributed by atoms with Crippen molar-refractivity contribution in [2.75, 3.05) is 5.32 Å². The molecule has 33 heavy (non-hydrogen) atoms. The highest BCUT2D eigenvalue weighted by molar-refractivity contribution is 7.80. The van der Waals surface area contributed by atoms with Crippen LogP contribution in [-0.4, -0.2) is 16.0 Å². The van der Waals surface area contributed by atoms with E-state index in [4.69, 9.17) is 39.8 Å². The number of hydrogen-bond acceptors (Lipinski definition) is 4. The molecule has 0 unspecified atom stereocenters. The SMILES string of the molecule is O=C(NC(=S)Nc1ccc2oc(-c3cccc4c(Cl)cccc34)nc2c1)c1cccc(Cl)c1. The Hall–Kier alpha value is -3.45. The minimum atomic E-state index is -0.352. The van der Waals surface area contributed by atoms with Crippen molar-refractivity contribution in [3.8, 4) is 11.5 Å². The van der Waals surface area contributed by atoms with Gasteiger partial charge in [0.2, 0.25) is 5.89 Å². The van der Waals surface area contributed by atoms with Crippen LogP contribution in [0.3, 0.4) is 0 Å². The molecule has 0 saturated heterocycles. The van der Waals surface area contributed by atoms with Crippen LogP contribution in [0.5, 0.6) is 0 Å². The number of aromatic nitrogens is 1. The fourth-order valence-corrected chi connectivity index (χ4v) is 4.18. The zero-order valence-electron chi connectivity index (χ0n) is 16.9. The van der Waals surface area contributed by atoms with Crippen molar-refractivity contribution < 1.29 is 9.21 Å². The van der Waals surface area contributed by atoms with E-state index < -0.39 is 0 Å². The number of thiocarbonyl (C=S) groups is 1. The van der Waals surface area contributed by atoms with Gasteiger partial charge in [-0.15, -0.1) is 0 Å². The number of oxazole rings is 1. The van der Waals surface area contributed by atoms with E-state index in [9.17, 15) is 4.79 Å². The predicted octanol–water partition coefficient (Wildman–Crippen LogP) is 7.08. The Kier molecular flexibility index (Phi) is 5.72. The van der Waals surface area contributed by atoms with Gasteiger partial charge in [0, 0.05) is 32.2 Å². The van der Waals surface area contributed by atoms with Crippen LogP contribution in [0.1, 0.15) is 10.4 Å². The van der Waals surface area contributed by atoms with Crippen LogP contribution in [0.25, 0.3) is 33.3 Å². The summed E-state index contributed by atoms with van der Waals surface area (Å²) in [5.74, 6) is 0.140. The first-order chi connectivity index (χ1) is 16.0. The number of rotatable bonds is 3. The molecule has 0 radical (unpaired) electrons. The highest BCUT2D eigenvalue weighted by Gasteiger charge is 2.14. The number of nitrogens with one attached hydrogen (secondary N) is 2. The van der Waals surface area contributed by atoms with E-state index in [-0.39, 0.29) is 11.0 Å². The standard InChI is InChI=1S/C25H15Cl2N3O2S/c26-15-5-1-4-14(12-15)23(31)30-25(33)28-16-10-11-22-21(13-16)29-24(32-22)19-8-2-7-18-17(19)6-3-9-20(18)27/h1-13H,(H2,28,30,31,33). The molecule has 0 atom stereocenters. The van der Waals surface area contributed by atoms with Gasteiger partial charge in [0.15, 0.2) is 10.7 Å². The van der Waals surface area contributed by atoms with E-state index in [1.165, 1.54) is 0 Å². The van der Waals surface area contributed by atoms with Gasteiger partial charge >= 0.3 is 0 Å². The smallest absolute Gasteiger partial charge is 0.257 e. The highest BCUT2D eigenvalue weighted by atomic mass is 35.5. The zero-order valence-corrected chi connectivity index (χ0v) is 19.3. The average molecular weight is 492 g/mol. The molecule has 0 fully saturated rings. The number of carbonyl (C=O) groups excluding carboxylic acids is 1. The predicted molar refractivity (Wildman–Crippen MR) is 137 cm³/mol. The summed E-state index contributed by atoms with van der Waals surface area (Å²) in [4.78, 5) is 17.0. The van der Waals surface area contributed by atoms with Gasteiger partial charge in [0.05, 0.1) is 0 Å². The first-order valence-electron chi connectivity index (χ1n) is 9.94. The van der Waals surface area contributed by atoms with Crippen LogP contribution in [0.4, 0.5) is 5.69 Å². The van der Waals surface area contributed by atoms with Crippen molar-refractivity contribution in [3.63, 3.8) is 0 Å². The van der Waals surface area contributed by atoms with Crippen molar-refractivity contribution in [1.82, 2.24) is 10.3 Å². The fraction of sp³-hybridized carbons (Fsp3) is 0. The van der Waals surface area contributed by atoms with Crippen LogP contribution in [0, 0.1) is 0 Å². The van der Waals surface area contributed by atoms with Gasteiger partial charge in [0.1, 0.15) is 5.52 Å². The van der Waals surface area contributed by atoms with E-state index in [1.807, 2.05) is 36.4 Å². The monoisotopic (exact) mass is 491 g/mol. The minimum absolute atomic E-state index is 0.159. The largest absolute Gasteiger partial charge is 0.436 e. The number of amides is 1. The van der Waals surface area contributed by atoms with Crippen LogP contribution in [0.15, 0.2) is 83.3 Å². The Bertz CT molecular complexity index is 1550. The maximum atomic E-state index is 12.4. The zero-order chi connectivity index (χ0) is 22.9. The molecule has 0 saturated carbocycles. The second kappa shape index (κ2) is 8.83. The number of carbonyl (C=O) groups is 1. The molecule has 0 aliphatic heterocycles. The second-order valence-corrected chi connectivity index (χ2v) is 8.51. The van der Waals surface area contributed by atoms with E-state index in [0.29, 0.717) is 38.3 Å². The lowest BCUT2D eigenvalue weighted by molar-refractivity contribution is 0.0977. The van der Waals surface area contributed by atoms with Crippen LogP contribution < -0.4 is 10.6 Å². The van der Waals surface area contributed by atoms with Crippen molar-refractivity contribution in [3.05, 3.63) is 94.5 Å². The van der Waals surface area contributed by atoms with Crippen molar-refractivity contribution in [2.24, 2.45) is 0 Å². The first kappa shape index (κ1) is 21.4. The maximum Gasteiger partial charge on any atom is 0.257 e. The summed E-state index contributed by atoms with van der Waals surface area (Å²) in [5.41, 5.74) is 3.21. The van der Waals surface area contributed by atoms with E-state index in [2.05, 4.69) is 15.6 Å². The van der Waals surface area contributed by atoms with Crippen molar-refractivity contribution >= 4 is 74.0 Å². The second-order valence-electron chi connectivity index (χ2n) is 7.26. The summed E-state index contributed by atoms with van der Waals surface area (Å²) < 4.78 is 6.00. The molecule has 0 aliphatic rings. The molecule has 0 aliphatic carbocycles. The Morgan fingerprint density at radius 3 is 2.55 bits per heavy atom. The molecule has 5 aromatic rings. The molecule has 8 heteroatoms. The number of benzene rings is 4. The fourth-order valence-electron chi connectivity index (χ4n) is 3.55. The number of halogens is 2. The molecule has 0 bridgehead atoms. The molecule has 4 aromatic carbocycles. The van der Waals surface area contributed by atoms with Crippen LogP contribution >= 0.6 is 35.4 Å². The Labute approximate surface area is 204 Å². The van der Waals surface area contributed by atoms with Gasteiger partial charge in [-0.25, -0.2) is 4.98 Å². The summed E-state index contributed by atoms with van der Waals surface area (Å²) in [7, 11) is 0. The molecule has 1 amide bonds. The minimum Gasteiger partial charge on any atom is -0.436 e. The van der Waals surface area contributed by atoms with E-state index >= 15 is 0 Å². The molecular weight excluding hydrogens is 477 g/mol. The normalized spacial score (nSPS) is 11.0. The van der Waals surface area contributed by atoms with Gasteiger partial charge in [0.25, 0.3) is 5.91 Å². The summed E-state index contributed by atoms with van der Waals surface area (Å²) >= 11 is 17.6. The third kappa shape index (κ3) is 4.41. The number of anilines is 1. The molecule has 1 aromatic heterocycles. The Morgan fingerprint density at radius 1 is 0.909 bits per heavy atom. The summed E-state index contributed by atoms with van der Waals surface area (Å²) in [6.07, 6.45) is 0. The van der Waals surface area contributed by atoms with Gasteiger partial charge < -0.3 is 9.73 Å². The van der Waals surface area contributed by atoms with Crippen LogP contribution in [0.2, 0.25) is 10.0 Å². The summed E-state index contributed by atoms with van der Waals surface area (Å²) in [6.45, 7) is 0. The molecule has 5 nitrogen and oxygen atoms in total. The topological polar surface area (TPSA) is 67.2 Å². The van der Waals surface area contributed by atoms with Crippen LogP contribution in [-0.2, 0) is 0 Å². The van der Waals surface area contributed by atoms with Gasteiger partial charge in [-0.3, -0.25) is 10.1 Å². The van der Waals surface area contributed by atoms with Crippen molar-refractivity contribution in [2.45, 2.75) is 0 Å². The number of fused-ring (bicyclic) bond motifs is 2. The molecule has 2 N–H and O–H groups in total. The molecule has 5 rings (SSSR count). The molecular formula is C25H15Cl2N3O2S. The van der Waals surface area contributed by atoms with Crippen molar-refractivity contribution in [1.29, 1.82) is 0 Å². The lowest BCUT2D eigenvalue weighted by Crippen LogP contribution is -2.34. The Balaban J connectivity index is 1.38. The quantitative estimate of drug-likeness (QED) is 0.264. The first-order valence-corrected chi connectivity index (χ1v) is 11.1. The molecule has 162 valence electrons. The van der Waals surface area contributed by atoms with E-state index in [0.717, 1.165) is 16.3 Å². The highest BCUT2D eigenvalue weighted by Crippen LogP contribution is 2.33. The lowest BCUT2D eigenvalue weighted by atomic mass is 10.0. The molecule has 1 heterocycles. The number of nitrogens with zero attached hydrogens (tertiary/aromatic N) is 1. The summed E-state index contributed by atoms with van der Waals surface area (Å²) in [5, 5.41) is 8.84.